The van der Waals surface area contributed by atoms with Gasteiger partial charge >= 0.3 is 0 Å². The van der Waals surface area contributed by atoms with Gasteiger partial charge in [-0.15, -0.1) is 0 Å². The van der Waals surface area contributed by atoms with Crippen LogP contribution in [0.3, 0.4) is 0 Å². The Bertz CT molecular complexity index is 537. The average molecular weight is 280 g/mol. The molecule has 3 rings (SSSR count). The van der Waals surface area contributed by atoms with Crippen LogP contribution in [0.1, 0.15) is 23.2 Å². The predicted octanol–water partition coefficient (Wildman–Crippen LogP) is 2.30. The standard InChI is InChI=1S/C14H14ClNO3/c15-10-2-1-3-11-12(10)13(17)14(18)16(11)8-9-4-6-19-7-5-9/h1-3,9H,4-8H2. The molecule has 0 aromatic heterocycles. The number of rotatable bonds is 2. The Morgan fingerprint density at radius 2 is 2.00 bits per heavy atom. The molecule has 19 heavy (non-hydrogen) atoms. The van der Waals surface area contributed by atoms with E-state index in [1.54, 1.807) is 23.1 Å². The molecule has 1 amide bonds. The van der Waals surface area contributed by atoms with E-state index < -0.39 is 11.7 Å². The number of anilines is 1. The topological polar surface area (TPSA) is 46.6 Å². The van der Waals surface area contributed by atoms with Crippen molar-refractivity contribution >= 4 is 29.0 Å². The summed E-state index contributed by atoms with van der Waals surface area (Å²) in [5.41, 5.74) is 0.996. The summed E-state index contributed by atoms with van der Waals surface area (Å²) in [6.45, 7) is 2.02. The van der Waals surface area contributed by atoms with E-state index in [-0.39, 0.29) is 0 Å². The molecule has 1 aromatic carbocycles. The van der Waals surface area contributed by atoms with Crippen molar-refractivity contribution in [3.05, 3.63) is 28.8 Å². The van der Waals surface area contributed by atoms with E-state index in [0.717, 1.165) is 26.1 Å². The molecule has 2 aliphatic rings. The fourth-order valence-electron chi connectivity index (χ4n) is 2.67. The van der Waals surface area contributed by atoms with E-state index in [0.29, 0.717) is 28.7 Å². The number of ether oxygens (including phenoxy) is 1. The normalized spacial score (nSPS) is 19.9. The summed E-state index contributed by atoms with van der Waals surface area (Å²) in [6, 6.07) is 5.19. The molecule has 1 saturated heterocycles. The summed E-state index contributed by atoms with van der Waals surface area (Å²) in [6.07, 6.45) is 1.85. The van der Waals surface area contributed by atoms with Gasteiger partial charge in [0.1, 0.15) is 0 Å². The van der Waals surface area contributed by atoms with Crippen molar-refractivity contribution in [1.29, 1.82) is 0 Å². The van der Waals surface area contributed by atoms with Gasteiger partial charge in [0.2, 0.25) is 0 Å². The molecular weight excluding hydrogens is 266 g/mol. The van der Waals surface area contributed by atoms with Crippen molar-refractivity contribution < 1.29 is 14.3 Å². The number of hydrogen-bond donors (Lipinski definition) is 0. The van der Waals surface area contributed by atoms with Gasteiger partial charge in [-0.1, -0.05) is 17.7 Å². The third-order valence-corrected chi connectivity index (χ3v) is 4.05. The number of Topliss-reactive ketones (excluding diaryl/α,β-unsaturated/α-hetero) is 1. The van der Waals surface area contributed by atoms with E-state index in [2.05, 4.69) is 0 Å². The van der Waals surface area contributed by atoms with Crippen LogP contribution in [0.2, 0.25) is 5.02 Å². The van der Waals surface area contributed by atoms with Crippen LogP contribution in [0, 0.1) is 5.92 Å². The predicted molar refractivity (Wildman–Crippen MR) is 71.7 cm³/mol. The van der Waals surface area contributed by atoms with Gasteiger partial charge in [-0.25, -0.2) is 0 Å². The molecule has 2 aliphatic heterocycles. The number of carbonyl (C=O) groups is 2. The summed E-state index contributed by atoms with van der Waals surface area (Å²) in [5, 5.41) is 0.352. The zero-order valence-corrected chi connectivity index (χ0v) is 11.2. The maximum absolute atomic E-state index is 12.1. The minimum Gasteiger partial charge on any atom is -0.381 e. The second-order valence-electron chi connectivity index (χ2n) is 4.93. The number of benzene rings is 1. The second-order valence-corrected chi connectivity index (χ2v) is 5.34. The number of hydrogen-bond acceptors (Lipinski definition) is 3. The molecule has 0 radical (unpaired) electrons. The number of amides is 1. The zero-order chi connectivity index (χ0) is 13.4. The van der Waals surface area contributed by atoms with Gasteiger partial charge in [-0.2, -0.15) is 0 Å². The monoisotopic (exact) mass is 279 g/mol. The Labute approximate surface area is 116 Å². The van der Waals surface area contributed by atoms with Crippen molar-refractivity contribution in [2.75, 3.05) is 24.7 Å². The van der Waals surface area contributed by atoms with Crippen molar-refractivity contribution in [1.82, 2.24) is 0 Å². The molecule has 100 valence electrons. The van der Waals surface area contributed by atoms with Crippen molar-refractivity contribution in [2.45, 2.75) is 12.8 Å². The van der Waals surface area contributed by atoms with E-state index in [4.69, 9.17) is 16.3 Å². The highest BCUT2D eigenvalue weighted by Gasteiger charge is 2.38. The fraction of sp³-hybridized carbons (Fsp3) is 0.429. The maximum Gasteiger partial charge on any atom is 0.299 e. The highest BCUT2D eigenvalue weighted by atomic mass is 35.5. The lowest BCUT2D eigenvalue weighted by molar-refractivity contribution is -0.114. The van der Waals surface area contributed by atoms with Gasteiger partial charge in [0.15, 0.2) is 0 Å². The number of ketones is 1. The maximum atomic E-state index is 12.1. The number of fused-ring (bicyclic) bond motifs is 1. The molecule has 0 unspecified atom stereocenters. The summed E-state index contributed by atoms with van der Waals surface area (Å²) in [5.74, 6) is -0.572. The van der Waals surface area contributed by atoms with Crippen LogP contribution in [0.15, 0.2) is 18.2 Å². The highest BCUT2D eigenvalue weighted by molar-refractivity contribution is 6.55. The third-order valence-electron chi connectivity index (χ3n) is 3.73. The van der Waals surface area contributed by atoms with E-state index >= 15 is 0 Å². The lowest BCUT2D eigenvalue weighted by Crippen LogP contribution is -2.36. The summed E-state index contributed by atoms with van der Waals surface area (Å²) < 4.78 is 5.31. The van der Waals surface area contributed by atoms with E-state index in [9.17, 15) is 9.59 Å². The Balaban J connectivity index is 1.88. The molecular formula is C14H14ClNO3. The first-order chi connectivity index (χ1) is 9.18. The van der Waals surface area contributed by atoms with Gasteiger partial charge in [0.25, 0.3) is 11.7 Å². The molecule has 0 saturated carbocycles. The molecule has 0 atom stereocenters. The summed E-state index contributed by atoms with van der Waals surface area (Å²) in [7, 11) is 0. The number of nitrogens with zero attached hydrogens (tertiary/aromatic N) is 1. The van der Waals surface area contributed by atoms with Crippen LogP contribution < -0.4 is 4.90 Å². The van der Waals surface area contributed by atoms with Crippen LogP contribution in [0.5, 0.6) is 0 Å². The third kappa shape index (κ3) is 2.15. The molecule has 0 bridgehead atoms. The molecule has 5 heteroatoms. The van der Waals surface area contributed by atoms with Gasteiger partial charge < -0.3 is 9.64 Å². The van der Waals surface area contributed by atoms with Gasteiger partial charge in [0, 0.05) is 19.8 Å². The van der Waals surface area contributed by atoms with Crippen LogP contribution in [-0.4, -0.2) is 31.4 Å². The molecule has 0 aliphatic carbocycles. The Hall–Kier alpha value is -1.39. The first-order valence-corrected chi connectivity index (χ1v) is 6.78. The van der Waals surface area contributed by atoms with E-state index in [1.807, 2.05) is 0 Å². The smallest absolute Gasteiger partial charge is 0.299 e. The van der Waals surface area contributed by atoms with Gasteiger partial charge in [0.05, 0.1) is 16.3 Å². The SMILES string of the molecule is O=C1C(=O)N(CC2CCOCC2)c2cccc(Cl)c21. The largest absolute Gasteiger partial charge is 0.381 e. The first-order valence-electron chi connectivity index (χ1n) is 6.41. The Kier molecular flexibility index (Phi) is 3.29. The average Bonchev–Trinajstić information content (AvgIpc) is 2.66. The van der Waals surface area contributed by atoms with E-state index in [1.165, 1.54) is 0 Å². The van der Waals surface area contributed by atoms with Gasteiger partial charge in [-0.3, -0.25) is 9.59 Å². The molecule has 2 heterocycles. The lowest BCUT2D eigenvalue weighted by Gasteiger charge is -2.27. The van der Waals surface area contributed by atoms with Crippen LogP contribution in [0.4, 0.5) is 5.69 Å². The number of halogens is 1. The van der Waals surface area contributed by atoms with Crippen LogP contribution in [0.25, 0.3) is 0 Å². The molecule has 1 aromatic rings. The molecule has 0 spiro atoms. The van der Waals surface area contributed by atoms with Gasteiger partial charge in [-0.05, 0) is 30.9 Å². The molecule has 4 nitrogen and oxygen atoms in total. The lowest BCUT2D eigenvalue weighted by atomic mass is 10.00. The van der Waals surface area contributed by atoms with Crippen molar-refractivity contribution in [3.8, 4) is 0 Å². The van der Waals surface area contributed by atoms with Crippen LogP contribution >= 0.6 is 11.6 Å². The summed E-state index contributed by atoms with van der Waals surface area (Å²) >= 11 is 6.02. The second kappa shape index (κ2) is 4.94. The zero-order valence-electron chi connectivity index (χ0n) is 10.4. The molecule has 1 fully saturated rings. The number of carbonyl (C=O) groups excluding carboxylic acids is 2. The minimum atomic E-state index is -0.493. The van der Waals surface area contributed by atoms with Crippen molar-refractivity contribution in [3.63, 3.8) is 0 Å². The fourth-order valence-corrected chi connectivity index (χ4v) is 2.93. The molecule has 0 N–H and O–H groups in total. The highest BCUT2D eigenvalue weighted by Crippen LogP contribution is 2.35. The quantitative estimate of drug-likeness (QED) is 0.781. The Morgan fingerprint density at radius 1 is 1.26 bits per heavy atom. The first kappa shape index (κ1) is 12.6. The minimum absolute atomic E-state index is 0.348. The van der Waals surface area contributed by atoms with Crippen molar-refractivity contribution in [2.24, 2.45) is 5.92 Å². The van der Waals surface area contributed by atoms with Crippen LogP contribution in [-0.2, 0) is 9.53 Å². The Morgan fingerprint density at radius 3 is 2.74 bits per heavy atom. The summed E-state index contributed by atoms with van der Waals surface area (Å²) in [4.78, 5) is 25.6.